The molecule has 2 amide bonds. The second-order valence-electron chi connectivity index (χ2n) is 6.92. The Balaban J connectivity index is 1.97. The number of hydrogen-bond donors (Lipinski definition) is 2. The molecule has 0 unspecified atom stereocenters. The summed E-state index contributed by atoms with van der Waals surface area (Å²) in [5, 5.41) is 5.54. The van der Waals surface area contributed by atoms with Crippen LogP contribution >= 0.6 is 0 Å². The molecule has 27 heavy (non-hydrogen) atoms. The summed E-state index contributed by atoms with van der Waals surface area (Å²) >= 11 is 0. The van der Waals surface area contributed by atoms with E-state index in [1.807, 2.05) is 13.0 Å². The number of aryl methyl sites for hydroxylation is 1. The van der Waals surface area contributed by atoms with Gasteiger partial charge in [0.1, 0.15) is 17.0 Å². The summed E-state index contributed by atoms with van der Waals surface area (Å²) < 4.78 is 18.2. The lowest BCUT2D eigenvalue weighted by Gasteiger charge is -2.23. The maximum Gasteiger partial charge on any atom is 0.239 e. The maximum atomic E-state index is 12.9. The highest BCUT2D eigenvalue weighted by Crippen LogP contribution is 2.27. The Kier molecular flexibility index (Phi) is 6.55. The fraction of sp³-hybridized carbons (Fsp3) is 0.333. The van der Waals surface area contributed by atoms with Gasteiger partial charge in [0.2, 0.25) is 11.8 Å². The van der Waals surface area contributed by atoms with Crippen LogP contribution in [0.3, 0.4) is 0 Å². The Morgan fingerprint density at radius 2 is 1.74 bits per heavy atom. The molecule has 0 aliphatic carbocycles. The standard InChI is InChI=1S/C21H25FN2O3/c1-14-5-10-18(27-4)17(13-14)24-20(26)21(2,3)19(25)23-12-11-15-6-8-16(22)9-7-15/h5-10,13H,11-12H2,1-4H3,(H,23,25)(H,24,26). The molecular weight excluding hydrogens is 347 g/mol. The molecule has 6 heteroatoms. The fourth-order valence-electron chi connectivity index (χ4n) is 2.49. The van der Waals surface area contributed by atoms with E-state index < -0.39 is 11.3 Å². The highest BCUT2D eigenvalue weighted by atomic mass is 19.1. The summed E-state index contributed by atoms with van der Waals surface area (Å²) in [6.45, 7) is 5.40. The molecule has 0 heterocycles. The number of halogens is 1. The Hall–Kier alpha value is -2.89. The Morgan fingerprint density at radius 1 is 1.07 bits per heavy atom. The second-order valence-corrected chi connectivity index (χ2v) is 6.92. The highest BCUT2D eigenvalue weighted by molar-refractivity contribution is 6.10. The van der Waals surface area contributed by atoms with Gasteiger partial charge >= 0.3 is 0 Å². The molecule has 5 nitrogen and oxygen atoms in total. The third-order valence-corrected chi connectivity index (χ3v) is 4.35. The van der Waals surface area contributed by atoms with Crippen molar-refractivity contribution in [1.82, 2.24) is 5.32 Å². The van der Waals surface area contributed by atoms with Crippen molar-refractivity contribution in [2.75, 3.05) is 19.0 Å². The normalized spacial score (nSPS) is 11.0. The molecule has 0 saturated carbocycles. The van der Waals surface area contributed by atoms with Crippen LogP contribution in [-0.4, -0.2) is 25.5 Å². The lowest BCUT2D eigenvalue weighted by Crippen LogP contribution is -2.45. The molecule has 0 aliphatic heterocycles. The average molecular weight is 372 g/mol. The number of anilines is 1. The third kappa shape index (κ3) is 5.29. The first kappa shape index (κ1) is 20.4. The van der Waals surface area contributed by atoms with Crippen molar-refractivity contribution in [3.63, 3.8) is 0 Å². The highest BCUT2D eigenvalue weighted by Gasteiger charge is 2.36. The number of carbonyl (C=O) groups is 2. The molecule has 0 bridgehead atoms. The van der Waals surface area contributed by atoms with Crippen LogP contribution < -0.4 is 15.4 Å². The van der Waals surface area contributed by atoms with Crippen LogP contribution in [0, 0.1) is 18.2 Å². The quantitative estimate of drug-likeness (QED) is 0.732. The summed E-state index contributed by atoms with van der Waals surface area (Å²) in [6.07, 6.45) is 0.551. The average Bonchev–Trinajstić information content (AvgIpc) is 2.63. The van der Waals surface area contributed by atoms with E-state index in [0.29, 0.717) is 24.4 Å². The first-order valence-electron chi connectivity index (χ1n) is 8.73. The number of amides is 2. The first-order chi connectivity index (χ1) is 12.7. The molecule has 0 spiro atoms. The minimum Gasteiger partial charge on any atom is -0.495 e. The second kappa shape index (κ2) is 8.66. The van der Waals surface area contributed by atoms with Crippen molar-refractivity contribution in [2.24, 2.45) is 5.41 Å². The Morgan fingerprint density at radius 3 is 2.37 bits per heavy atom. The van der Waals surface area contributed by atoms with E-state index in [0.717, 1.165) is 11.1 Å². The van der Waals surface area contributed by atoms with Gasteiger partial charge in [0.25, 0.3) is 0 Å². The predicted molar refractivity (Wildman–Crippen MR) is 103 cm³/mol. The van der Waals surface area contributed by atoms with E-state index in [-0.39, 0.29) is 11.7 Å². The molecule has 0 fully saturated rings. The number of benzene rings is 2. The van der Waals surface area contributed by atoms with Gasteiger partial charge < -0.3 is 15.4 Å². The van der Waals surface area contributed by atoms with Gasteiger partial charge in [-0.1, -0.05) is 18.2 Å². The molecular formula is C21H25FN2O3. The lowest BCUT2D eigenvalue weighted by molar-refractivity contribution is -0.138. The molecule has 2 aromatic carbocycles. The van der Waals surface area contributed by atoms with Gasteiger partial charge in [-0.25, -0.2) is 4.39 Å². The summed E-state index contributed by atoms with van der Waals surface area (Å²) in [5.74, 6) is -0.576. The largest absolute Gasteiger partial charge is 0.495 e. The van der Waals surface area contributed by atoms with Crippen molar-refractivity contribution in [1.29, 1.82) is 0 Å². The fourth-order valence-corrected chi connectivity index (χ4v) is 2.49. The van der Waals surface area contributed by atoms with Crippen molar-refractivity contribution < 1.29 is 18.7 Å². The number of nitrogens with one attached hydrogen (secondary N) is 2. The molecule has 0 atom stereocenters. The zero-order valence-electron chi connectivity index (χ0n) is 16.1. The van der Waals surface area contributed by atoms with E-state index in [9.17, 15) is 14.0 Å². The van der Waals surface area contributed by atoms with Crippen LogP contribution in [0.2, 0.25) is 0 Å². The van der Waals surface area contributed by atoms with Gasteiger partial charge in [-0.05, 0) is 62.6 Å². The number of hydrogen-bond acceptors (Lipinski definition) is 3. The monoisotopic (exact) mass is 372 g/mol. The van der Waals surface area contributed by atoms with E-state index in [2.05, 4.69) is 10.6 Å². The van der Waals surface area contributed by atoms with Crippen molar-refractivity contribution in [2.45, 2.75) is 27.2 Å². The van der Waals surface area contributed by atoms with Crippen molar-refractivity contribution in [3.05, 3.63) is 59.4 Å². The molecule has 0 saturated heterocycles. The molecule has 144 valence electrons. The van der Waals surface area contributed by atoms with Crippen LogP contribution in [-0.2, 0) is 16.0 Å². The van der Waals surface area contributed by atoms with E-state index in [1.54, 1.807) is 38.1 Å². The van der Waals surface area contributed by atoms with Crippen LogP contribution in [0.1, 0.15) is 25.0 Å². The topological polar surface area (TPSA) is 67.4 Å². The Labute approximate surface area is 158 Å². The van der Waals surface area contributed by atoms with Crippen LogP contribution in [0.15, 0.2) is 42.5 Å². The molecule has 2 aromatic rings. The predicted octanol–water partition coefficient (Wildman–Crippen LogP) is 3.47. The first-order valence-corrected chi connectivity index (χ1v) is 8.73. The third-order valence-electron chi connectivity index (χ3n) is 4.35. The van der Waals surface area contributed by atoms with Gasteiger partial charge in [0.05, 0.1) is 12.8 Å². The van der Waals surface area contributed by atoms with Crippen LogP contribution in [0.4, 0.5) is 10.1 Å². The minimum absolute atomic E-state index is 0.299. The van der Waals surface area contributed by atoms with Crippen molar-refractivity contribution in [3.8, 4) is 5.75 Å². The van der Waals surface area contributed by atoms with E-state index >= 15 is 0 Å². The smallest absolute Gasteiger partial charge is 0.239 e. The number of rotatable bonds is 7. The maximum absolute atomic E-state index is 12.9. The molecule has 0 aliphatic rings. The van der Waals surface area contributed by atoms with Gasteiger partial charge in [-0.15, -0.1) is 0 Å². The van der Waals surface area contributed by atoms with Gasteiger partial charge in [0, 0.05) is 6.54 Å². The number of ether oxygens (including phenoxy) is 1. The SMILES string of the molecule is COc1ccc(C)cc1NC(=O)C(C)(C)C(=O)NCCc1ccc(F)cc1. The lowest BCUT2D eigenvalue weighted by atomic mass is 9.90. The number of carbonyl (C=O) groups excluding carboxylic acids is 2. The van der Waals surface area contributed by atoms with Gasteiger partial charge in [0.15, 0.2) is 0 Å². The summed E-state index contributed by atoms with van der Waals surface area (Å²) in [7, 11) is 1.52. The minimum atomic E-state index is -1.27. The molecule has 2 rings (SSSR count). The number of methoxy groups -OCH3 is 1. The molecule has 2 N–H and O–H groups in total. The van der Waals surface area contributed by atoms with Crippen molar-refractivity contribution >= 4 is 17.5 Å². The van der Waals surface area contributed by atoms with Gasteiger partial charge in [-0.3, -0.25) is 9.59 Å². The van der Waals surface area contributed by atoms with E-state index in [4.69, 9.17) is 4.74 Å². The van der Waals surface area contributed by atoms with E-state index in [1.165, 1.54) is 19.2 Å². The molecule has 0 radical (unpaired) electrons. The zero-order valence-corrected chi connectivity index (χ0v) is 16.1. The van der Waals surface area contributed by atoms with Crippen LogP contribution in [0.25, 0.3) is 0 Å². The van der Waals surface area contributed by atoms with Gasteiger partial charge in [-0.2, -0.15) is 0 Å². The summed E-state index contributed by atoms with van der Waals surface area (Å²) in [6, 6.07) is 11.5. The Bertz CT molecular complexity index is 817. The van der Waals surface area contributed by atoms with Crippen LogP contribution in [0.5, 0.6) is 5.75 Å². The summed E-state index contributed by atoms with van der Waals surface area (Å²) in [5.41, 5.74) is 1.13. The molecule has 0 aromatic heterocycles. The zero-order chi connectivity index (χ0) is 20.0. The summed E-state index contributed by atoms with van der Waals surface area (Å²) in [4.78, 5) is 25.2.